The number of nitrogens with one attached hydrogen (secondary N) is 2. The first-order valence-corrected chi connectivity index (χ1v) is 8.68. The zero-order valence-electron chi connectivity index (χ0n) is 13.7. The van der Waals surface area contributed by atoms with E-state index < -0.39 is 0 Å². The number of hydrogen-bond donors (Lipinski definition) is 2. The van der Waals surface area contributed by atoms with Crippen molar-refractivity contribution in [2.75, 3.05) is 44.6 Å². The number of anilines is 1. The number of rotatable bonds is 5. The molecule has 1 fully saturated rings. The molecule has 1 aliphatic heterocycles. The van der Waals surface area contributed by atoms with Crippen LogP contribution in [0, 0.1) is 0 Å². The van der Waals surface area contributed by atoms with Crippen LogP contribution in [0.4, 0.5) is 10.5 Å². The molecule has 0 aromatic heterocycles. The summed E-state index contributed by atoms with van der Waals surface area (Å²) < 4.78 is 5.94. The molecule has 8 heteroatoms. The van der Waals surface area contributed by atoms with E-state index in [9.17, 15) is 9.59 Å². The second-order valence-electron chi connectivity index (χ2n) is 5.49. The van der Waals surface area contributed by atoms with Gasteiger partial charge in [0.2, 0.25) is 5.91 Å². The highest BCUT2D eigenvalue weighted by atomic mass is 79.9. The van der Waals surface area contributed by atoms with Gasteiger partial charge < -0.3 is 27.4 Å². The quantitative estimate of drug-likeness (QED) is 0.587. The molecule has 0 saturated carbocycles. The van der Waals surface area contributed by atoms with Gasteiger partial charge in [-0.05, 0) is 25.1 Å². The average Bonchev–Trinajstić information content (AvgIpc) is 2.54. The van der Waals surface area contributed by atoms with Gasteiger partial charge in [-0.1, -0.05) is 22.0 Å². The van der Waals surface area contributed by atoms with Crippen LogP contribution >= 0.6 is 15.9 Å². The molecule has 0 radical (unpaired) electrons. The van der Waals surface area contributed by atoms with Gasteiger partial charge in [-0.3, -0.25) is 9.69 Å². The second-order valence-corrected chi connectivity index (χ2v) is 6.41. The lowest BCUT2D eigenvalue weighted by Gasteiger charge is -2.31. The highest BCUT2D eigenvalue weighted by Crippen LogP contribution is 2.15. The third-order valence-corrected chi connectivity index (χ3v) is 4.30. The van der Waals surface area contributed by atoms with Crippen molar-refractivity contribution in [2.24, 2.45) is 0 Å². The fraction of sp³-hybridized carbons (Fsp3) is 0.500. The Bertz CT molecular complexity index is 551. The van der Waals surface area contributed by atoms with Crippen LogP contribution in [0.5, 0.6) is 0 Å². The Labute approximate surface area is 157 Å². The maximum Gasteiger partial charge on any atom is 0.410 e. The lowest BCUT2D eigenvalue weighted by molar-refractivity contribution is -0.903. The predicted octanol–water partition coefficient (Wildman–Crippen LogP) is -1.86. The smallest absolute Gasteiger partial charge is 0.410 e. The van der Waals surface area contributed by atoms with Crippen LogP contribution < -0.4 is 22.6 Å². The van der Waals surface area contributed by atoms with Crippen LogP contribution in [0.25, 0.3) is 0 Å². The standard InChI is InChI=1S/C16H22BrN3O3.ClH/c1-2-23-16(22)20-10-8-19(9-11-20)7-6-15(21)18-14-5-3-4-13(17)12-14;/h3-5,12H,2,6-11H2,1H3,(H,18,21);1H. The van der Waals surface area contributed by atoms with Gasteiger partial charge in [0, 0.05) is 10.2 Å². The van der Waals surface area contributed by atoms with Gasteiger partial charge in [0.15, 0.2) is 0 Å². The molecule has 1 heterocycles. The van der Waals surface area contributed by atoms with E-state index in [1.165, 1.54) is 4.90 Å². The van der Waals surface area contributed by atoms with E-state index in [1.54, 1.807) is 4.90 Å². The van der Waals surface area contributed by atoms with Crippen molar-refractivity contribution < 1.29 is 31.6 Å². The van der Waals surface area contributed by atoms with Crippen LogP contribution in [0.2, 0.25) is 0 Å². The summed E-state index contributed by atoms with van der Waals surface area (Å²) in [6.45, 7) is 6.05. The largest absolute Gasteiger partial charge is 1.00 e. The van der Waals surface area contributed by atoms with Crippen molar-refractivity contribution in [3.8, 4) is 0 Å². The first-order chi connectivity index (χ1) is 11.1. The van der Waals surface area contributed by atoms with Crippen LogP contribution in [0.15, 0.2) is 28.7 Å². The Hall–Kier alpha value is -1.31. The minimum absolute atomic E-state index is 0. The maximum atomic E-state index is 12.0. The minimum Gasteiger partial charge on any atom is -1.00 e. The van der Waals surface area contributed by atoms with Gasteiger partial charge in [-0.15, -0.1) is 0 Å². The predicted molar refractivity (Wildman–Crippen MR) is 91.5 cm³/mol. The van der Waals surface area contributed by atoms with E-state index >= 15 is 0 Å². The van der Waals surface area contributed by atoms with Crippen molar-refractivity contribution in [3.05, 3.63) is 28.7 Å². The molecule has 0 atom stereocenters. The summed E-state index contributed by atoms with van der Waals surface area (Å²) in [6.07, 6.45) is 0.236. The summed E-state index contributed by atoms with van der Waals surface area (Å²) in [5, 5.41) is 2.90. The van der Waals surface area contributed by atoms with Crippen LogP contribution in [0.3, 0.4) is 0 Å². The summed E-state index contributed by atoms with van der Waals surface area (Å²) in [5.74, 6) is 0.0171. The zero-order valence-corrected chi connectivity index (χ0v) is 16.0. The van der Waals surface area contributed by atoms with E-state index in [2.05, 4.69) is 21.2 Å². The van der Waals surface area contributed by atoms with E-state index in [4.69, 9.17) is 4.74 Å². The average molecular weight is 421 g/mol. The highest BCUT2D eigenvalue weighted by Gasteiger charge is 2.24. The number of hydrogen-bond acceptors (Lipinski definition) is 3. The molecule has 1 aromatic rings. The summed E-state index contributed by atoms with van der Waals surface area (Å²) in [7, 11) is 0. The lowest BCUT2D eigenvalue weighted by atomic mass is 10.2. The molecule has 134 valence electrons. The van der Waals surface area contributed by atoms with E-state index in [-0.39, 0.29) is 24.4 Å². The summed E-state index contributed by atoms with van der Waals surface area (Å²) in [5.41, 5.74) is 0.798. The molecule has 6 nitrogen and oxygen atoms in total. The lowest BCUT2D eigenvalue weighted by Crippen LogP contribution is -3.15. The van der Waals surface area contributed by atoms with E-state index in [1.807, 2.05) is 31.2 Å². The summed E-state index contributed by atoms with van der Waals surface area (Å²) in [6, 6.07) is 7.55. The van der Waals surface area contributed by atoms with Crippen molar-refractivity contribution in [1.29, 1.82) is 0 Å². The normalized spacial score (nSPS) is 14.7. The maximum absolute atomic E-state index is 12.0. The van der Waals surface area contributed by atoms with Crippen LogP contribution in [-0.4, -0.2) is 56.2 Å². The van der Waals surface area contributed by atoms with Gasteiger partial charge in [-0.25, -0.2) is 4.79 Å². The van der Waals surface area contributed by atoms with Crippen molar-refractivity contribution in [2.45, 2.75) is 13.3 Å². The van der Waals surface area contributed by atoms with E-state index in [0.29, 0.717) is 26.1 Å². The molecule has 2 N–H and O–H groups in total. The molecule has 0 spiro atoms. The Morgan fingerprint density at radius 2 is 2.04 bits per heavy atom. The number of piperazine rings is 1. The number of ether oxygens (including phenoxy) is 1. The molecule has 2 rings (SSSR count). The van der Waals surface area contributed by atoms with Gasteiger partial charge in [0.05, 0.1) is 45.8 Å². The number of halogens is 2. The zero-order chi connectivity index (χ0) is 16.7. The number of nitrogens with zero attached hydrogens (tertiary/aromatic N) is 1. The molecule has 1 aliphatic rings. The Balaban J connectivity index is 0.00000288. The van der Waals surface area contributed by atoms with Gasteiger partial charge in [-0.2, -0.15) is 0 Å². The molecular weight excluding hydrogens is 398 g/mol. The minimum atomic E-state index is -0.237. The second kappa shape index (κ2) is 10.5. The van der Waals surface area contributed by atoms with Crippen LogP contribution in [-0.2, 0) is 9.53 Å². The SMILES string of the molecule is CCOC(=O)N1CC[NH+](CCC(=O)Nc2cccc(Br)c2)CC1.[Cl-]. The highest BCUT2D eigenvalue weighted by molar-refractivity contribution is 9.10. The molecule has 24 heavy (non-hydrogen) atoms. The third-order valence-electron chi connectivity index (χ3n) is 3.81. The Morgan fingerprint density at radius 1 is 1.33 bits per heavy atom. The molecule has 0 unspecified atom stereocenters. The first-order valence-electron chi connectivity index (χ1n) is 7.89. The molecule has 2 amide bonds. The molecule has 1 saturated heterocycles. The molecule has 1 aromatic carbocycles. The monoisotopic (exact) mass is 419 g/mol. The molecule has 0 bridgehead atoms. The number of amides is 2. The van der Waals surface area contributed by atoms with E-state index in [0.717, 1.165) is 29.8 Å². The Morgan fingerprint density at radius 3 is 2.67 bits per heavy atom. The number of benzene rings is 1. The molecular formula is C16H23BrClN3O3. The summed E-state index contributed by atoms with van der Waals surface area (Å²) in [4.78, 5) is 26.7. The number of carbonyl (C=O) groups is 2. The van der Waals surface area contributed by atoms with Crippen molar-refractivity contribution >= 4 is 33.6 Å². The topological polar surface area (TPSA) is 63.1 Å². The third kappa shape index (κ3) is 6.67. The number of quaternary nitrogens is 1. The number of carbonyl (C=O) groups excluding carboxylic acids is 2. The van der Waals surface area contributed by atoms with Gasteiger partial charge in [0.25, 0.3) is 0 Å². The van der Waals surface area contributed by atoms with Crippen molar-refractivity contribution in [1.82, 2.24) is 4.90 Å². The Kier molecular flexibility index (Phi) is 9.10. The molecule has 0 aliphatic carbocycles. The van der Waals surface area contributed by atoms with Gasteiger partial charge in [0.1, 0.15) is 0 Å². The van der Waals surface area contributed by atoms with Gasteiger partial charge >= 0.3 is 6.09 Å². The van der Waals surface area contributed by atoms with Crippen molar-refractivity contribution in [3.63, 3.8) is 0 Å². The summed E-state index contributed by atoms with van der Waals surface area (Å²) >= 11 is 3.38. The first kappa shape index (κ1) is 20.7. The fourth-order valence-corrected chi connectivity index (χ4v) is 2.95. The fourth-order valence-electron chi connectivity index (χ4n) is 2.55. The van der Waals surface area contributed by atoms with Crippen LogP contribution in [0.1, 0.15) is 13.3 Å².